The summed E-state index contributed by atoms with van der Waals surface area (Å²) in [5.74, 6) is 0.459. The lowest BCUT2D eigenvalue weighted by Gasteiger charge is -2.28. The van der Waals surface area contributed by atoms with Gasteiger partial charge in [-0.05, 0) is 95.0 Å². The molecule has 4 aromatic rings. The molecule has 2 aromatic carbocycles. The SMILES string of the molecule is COc1nccc(N(C)c2ccc(C)c(-c3cn(C4C[C@@H](C(=O)NC(C)Cc5ccc(N(C)C)cc5C)N(C(=O)OC(C)(C)C)C4)nn3)c2)n1. The third kappa shape index (κ3) is 8.32. The standard InChI is InChI=1S/C37H49N9O4/c1-23-11-13-28(44(9)33-15-16-38-35(40-33)49-10)19-30(23)31-22-46(42-41-31)29-20-32(45(21-29)36(48)50-37(4,5)6)34(47)39-25(3)18-26-12-14-27(43(7)8)17-24(26)2/h11-17,19,22,25,29,32H,18,20-21H2,1-10H3,(H,39,47)/t25?,29?,32-/m0/s1. The molecule has 1 N–H and O–H groups in total. The Morgan fingerprint density at radius 3 is 2.46 bits per heavy atom. The highest BCUT2D eigenvalue weighted by atomic mass is 16.6. The molecule has 0 aliphatic carbocycles. The van der Waals surface area contributed by atoms with Gasteiger partial charge in [-0.25, -0.2) is 14.5 Å². The van der Waals surface area contributed by atoms with Crippen molar-refractivity contribution in [2.24, 2.45) is 0 Å². The molecule has 50 heavy (non-hydrogen) atoms. The van der Waals surface area contributed by atoms with Gasteiger partial charge in [-0.1, -0.05) is 17.3 Å². The number of hydrogen-bond acceptors (Lipinski definition) is 10. The molecule has 3 heterocycles. The van der Waals surface area contributed by atoms with Crippen molar-refractivity contribution in [2.75, 3.05) is 44.6 Å². The Morgan fingerprint density at radius 2 is 1.78 bits per heavy atom. The number of amides is 2. The van der Waals surface area contributed by atoms with E-state index in [0.717, 1.165) is 33.6 Å². The predicted molar refractivity (Wildman–Crippen MR) is 194 cm³/mol. The Bertz CT molecular complexity index is 1830. The van der Waals surface area contributed by atoms with Crippen molar-refractivity contribution >= 4 is 29.2 Å². The first-order chi connectivity index (χ1) is 23.6. The van der Waals surface area contributed by atoms with Gasteiger partial charge in [0.15, 0.2) is 0 Å². The van der Waals surface area contributed by atoms with E-state index in [1.807, 2.05) is 91.1 Å². The van der Waals surface area contributed by atoms with Crippen LogP contribution in [0, 0.1) is 13.8 Å². The van der Waals surface area contributed by atoms with Crippen LogP contribution >= 0.6 is 0 Å². The van der Waals surface area contributed by atoms with Crippen LogP contribution in [0.4, 0.5) is 22.0 Å². The van der Waals surface area contributed by atoms with Gasteiger partial charge in [0.05, 0.1) is 19.3 Å². The number of anilines is 3. The van der Waals surface area contributed by atoms with Crippen molar-refractivity contribution in [2.45, 2.75) is 78.1 Å². The number of carbonyl (C=O) groups is 2. The lowest BCUT2D eigenvalue weighted by atomic mass is 10.0. The summed E-state index contributed by atoms with van der Waals surface area (Å²) >= 11 is 0. The van der Waals surface area contributed by atoms with Gasteiger partial charge in [-0.15, -0.1) is 5.10 Å². The second kappa shape index (κ2) is 14.7. The highest BCUT2D eigenvalue weighted by Crippen LogP contribution is 2.33. The fourth-order valence-electron chi connectivity index (χ4n) is 6.11. The molecule has 0 spiro atoms. The summed E-state index contributed by atoms with van der Waals surface area (Å²) in [4.78, 5) is 41.4. The van der Waals surface area contributed by atoms with Crippen molar-refractivity contribution in [3.63, 3.8) is 0 Å². The highest BCUT2D eigenvalue weighted by molar-refractivity contribution is 5.86. The number of carbonyl (C=O) groups excluding carboxylic acids is 2. The van der Waals surface area contributed by atoms with E-state index in [0.29, 0.717) is 24.4 Å². The normalized spacial score (nSPS) is 16.6. The highest BCUT2D eigenvalue weighted by Gasteiger charge is 2.43. The molecule has 0 radical (unpaired) electrons. The summed E-state index contributed by atoms with van der Waals surface area (Å²) in [5.41, 5.74) is 6.24. The van der Waals surface area contributed by atoms with Gasteiger partial charge in [0.1, 0.15) is 23.2 Å². The van der Waals surface area contributed by atoms with E-state index in [-0.39, 0.29) is 30.5 Å². The van der Waals surface area contributed by atoms with Gasteiger partial charge < -0.3 is 24.6 Å². The Balaban J connectivity index is 1.34. The molecule has 2 unspecified atom stereocenters. The topological polar surface area (TPSA) is 131 Å². The number of methoxy groups -OCH3 is 1. The lowest BCUT2D eigenvalue weighted by molar-refractivity contribution is -0.126. The number of aryl methyl sites for hydroxylation is 2. The van der Waals surface area contributed by atoms with Crippen molar-refractivity contribution in [1.82, 2.24) is 35.2 Å². The number of rotatable bonds is 10. The molecule has 13 nitrogen and oxygen atoms in total. The molecule has 0 bridgehead atoms. The van der Waals surface area contributed by atoms with E-state index in [2.05, 4.69) is 55.6 Å². The molecule has 2 amide bonds. The molecule has 13 heteroatoms. The van der Waals surface area contributed by atoms with Crippen LogP contribution < -0.4 is 19.9 Å². The van der Waals surface area contributed by atoms with Crippen LogP contribution in [0.5, 0.6) is 6.01 Å². The Morgan fingerprint density at radius 1 is 1.04 bits per heavy atom. The number of likely N-dealkylation sites (tertiary alicyclic amines) is 1. The first kappa shape index (κ1) is 36.1. The molecular formula is C37H49N9O4. The van der Waals surface area contributed by atoms with E-state index in [4.69, 9.17) is 9.47 Å². The van der Waals surface area contributed by atoms with Crippen molar-refractivity contribution in [3.05, 3.63) is 71.5 Å². The molecule has 1 saturated heterocycles. The molecule has 266 valence electrons. The van der Waals surface area contributed by atoms with Crippen molar-refractivity contribution < 1.29 is 19.1 Å². The quantitative estimate of drug-likeness (QED) is 0.229. The summed E-state index contributed by atoms with van der Waals surface area (Å²) in [7, 11) is 7.49. The molecular weight excluding hydrogens is 634 g/mol. The monoisotopic (exact) mass is 683 g/mol. The number of nitrogens with one attached hydrogen (secondary N) is 1. The van der Waals surface area contributed by atoms with Gasteiger partial charge in [0.25, 0.3) is 0 Å². The number of aromatic nitrogens is 5. The minimum absolute atomic E-state index is 0.152. The second-order valence-electron chi connectivity index (χ2n) is 14.2. The van der Waals surface area contributed by atoms with Crippen LogP contribution in [0.25, 0.3) is 11.3 Å². The molecule has 1 aliphatic rings. The first-order valence-electron chi connectivity index (χ1n) is 16.8. The summed E-state index contributed by atoms with van der Waals surface area (Å²) in [6, 6.07) is 13.3. The zero-order valence-corrected chi connectivity index (χ0v) is 30.8. The summed E-state index contributed by atoms with van der Waals surface area (Å²) < 4.78 is 12.7. The van der Waals surface area contributed by atoms with E-state index in [1.165, 1.54) is 12.0 Å². The van der Waals surface area contributed by atoms with Crippen LogP contribution in [0.15, 0.2) is 54.9 Å². The van der Waals surface area contributed by atoms with E-state index < -0.39 is 17.7 Å². The number of nitrogens with zero attached hydrogens (tertiary/aromatic N) is 8. The maximum absolute atomic E-state index is 13.8. The molecule has 1 aliphatic heterocycles. The van der Waals surface area contributed by atoms with Crippen LogP contribution in [-0.2, 0) is 16.0 Å². The predicted octanol–water partition coefficient (Wildman–Crippen LogP) is 5.49. The van der Waals surface area contributed by atoms with Gasteiger partial charge in [-0.3, -0.25) is 9.69 Å². The molecule has 1 fully saturated rings. The second-order valence-corrected chi connectivity index (χ2v) is 14.2. The fraction of sp³-hybridized carbons (Fsp3) is 0.459. The van der Waals surface area contributed by atoms with Crippen LogP contribution in [0.2, 0.25) is 0 Å². The molecule has 3 atom stereocenters. The summed E-state index contributed by atoms with van der Waals surface area (Å²) in [5, 5.41) is 12.2. The number of hydrogen-bond donors (Lipinski definition) is 1. The maximum Gasteiger partial charge on any atom is 0.411 e. The third-order valence-corrected chi connectivity index (χ3v) is 8.88. The van der Waals surface area contributed by atoms with E-state index in [1.54, 1.807) is 10.9 Å². The Hall–Kier alpha value is -5.20. The number of benzene rings is 2. The van der Waals surface area contributed by atoms with Gasteiger partial charge >= 0.3 is 12.1 Å². The molecule has 2 aromatic heterocycles. The average molecular weight is 684 g/mol. The maximum atomic E-state index is 13.8. The summed E-state index contributed by atoms with van der Waals surface area (Å²) in [6.45, 7) is 11.8. The Labute approximate surface area is 294 Å². The molecule has 5 rings (SSSR count). The first-order valence-corrected chi connectivity index (χ1v) is 16.8. The minimum Gasteiger partial charge on any atom is -0.467 e. The zero-order valence-electron chi connectivity index (χ0n) is 30.8. The smallest absolute Gasteiger partial charge is 0.411 e. The van der Waals surface area contributed by atoms with Crippen LogP contribution in [0.3, 0.4) is 0 Å². The zero-order chi connectivity index (χ0) is 36.3. The van der Waals surface area contributed by atoms with Gasteiger partial charge in [0.2, 0.25) is 5.91 Å². The average Bonchev–Trinajstić information content (AvgIpc) is 3.73. The van der Waals surface area contributed by atoms with E-state index >= 15 is 0 Å². The van der Waals surface area contributed by atoms with Gasteiger partial charge in [-0.2, -0.15) is 4.98 Å². The largest absolute Gasteiger partial charge is 0.467 e. The lowest BCUT2D eigenvalue weighted by Crippen LogP contribution is -2.49. The summed E-state index contributed by atoms with van der Waals surface area (Å²) in [6.07, 6.45) is 4.03. The van der Waals surface area contributed by atoms with Crippen molar-refractivity contribution in [3.8, 4) is 17.3 Å². The van der Waals surface area contributed by atoms with E-state index in [9.17, 15) is 9.59 Å². The number of ether oxygens (including phenoxy) is 2. The Kier molecular flexibility index (Phi) is 10.6. The molecule has 0 saturated carbocycles. The van der Waals surface area contributed by atoms with Crippen LogP contribution in [0.1, 0.15) is 56.8 Å². The third-order valence-electron chi connectivity index (χ3n) is 8.88. The van der Waals surface area contributed by atoms with Crippen molar-refractivity contribution in [1.29, 1.82) is 0 Å². The van der Waals surface area contributed by atoms with Crippen LogP contribution in [-0.4, -0.2) is 94.3 Å². The van der Waals surface area contributed by atoms with Gasteiger partial charge in [0, 0.05) is 63.3 Å². The minimum atomic E-state index is -0.731. The fourth-order valence-corrected chi connectivity index (χ4v) is 6.11.